The van der Waals surface area contributed by atoms with Gasteiger partial charge in [0.1, 0.15) is 23.0 Å². The lowest BCUT2D eigenvalue weighted by Gasteiger charge is -2.17. The third-order valence-corrected chi connectivity index (χ3v) is 2.76. The predicted octanol–water partition coefficient (Wildman–Crippen LogP) is 2.82. The summed E-state index contributed by atoms with van der Waals surface area (Å²) in [5.41, 5.74) is 0.805. The maximum absolute atomic E-state index is 9.40. The molecule has 1 heterocycles. The lowest BCUT2D eigenvalue weighted by molar-refractivity contribution is 0.281. The minimum atomic E-state index is 0.0492. The summed E-state index contributed by atoms with van der Waals surface area (Å²) in [6.07, 6.45) is 1.74. The van der Waals surface area contributed by atoms with Crippen molar-refractivity contribution in [1.82, 2.24) is 0 Å². The van der Waals surface area contributed by atoms with Gasteiger partial charge in [-0.15, -0.1) is 0 Å². The molecule has 0 amide bonds. The van der Waals surface area contributed by atoms with E-state index >= 15 is 0 Å². The second-order valence-electron chi connectivity index (χ2n) is 4.23. The summed E-state index contributed by atoms with van der Waals surface area (Å²) in [5, 5.41) is 27.2. The normalized spacial score (nSPS) is 12.6. The molecule has 19 heavy (non-hydrogen) atoms. The first-order chi connectivity index (χ1) is 9.16. The van der Waals surface area contributed by atoms with Crippen LogP contribution < -0.4 is 4.74 Å². The molecule has 3 N–H and O–H groups in total. The number of hydrogen-bond acceptors (Lipinski definition) is 4. The van der Waals surface area contributed by atoms with E-state index in [1.807, 2.05) is 6.07 Å². The number of rotatable bonds is 0. The Morgan fingerprint density at radius 1 is 0.895 bits per heavy atom. The highest BCUT2D eigenvalue weighted by atomic mass is 16.5. The van der Waals surface area contributed by atoms with Crippen LogP contribution in [0.4, 0.5) is 0 Å². The molecule has 0 bridgehead atoms. The predicted molar refractivity (Wildman–Crippen MR) is 71.7 cm³/mol. The lowest BCUT2D eigenvalue weighted by atomic mass is 10.1. The lowest BCUT2D eigenvalue weighted by Crippen LogP contribution is -2.07. The first-order valence-electron chi connectivity index (χ1n) is 6.08. The number of hydrogen-bond donors (Lipinski definition) is 3. The topological polar surface area (TPSA) is 69.9 Å². The van der Waals surface area contributed by atoms with E-state index in [-0.39, 0.29) is 11.5 Å². The fourth-order valence-electron chi connectivity index (χ4n) is 1.86. The highest BCUT2D eigenvalue weighted by Gasteiger charge is 2.15. The number of para-hydroxylation sites is 1. The van der Waals surface area contributed by atoms with Gasteiger partial charge in [-0.1, -0.05) is 18.2 Å². The van der Waals surface area contributed by atoms with Crippen LogP contribution in [0.25, 0.3) is 0 Å². The van der Waals surface area contributed by atoms with Crippen LogP contribution in [0.2, 0.25) is 0 Å². The number of phenolic OH excluding ortho intramolecular Hbond substituents is 3. The quantitative estimate of drug-likeness (QED) is 0.681. The second-order valence-corrected chi connectivity index (χ2v) is 4.23. The van der Waals surface area contributed by atoms with E-state index < -0.39 is 0 Å². The zero-order chi connectivity index (χ0) is 13.7. The Bertz CT molecular complexity index is 537. The minimum absolute atomic E-state index is 0.0492. The van der Waals surface area contributed by atoms with Gasteiger partial charge in [-0.3, -0.25) is 0 Å². The molecule has 0 aromatic heterocycles. The Hall–Kier alpha value is -2.36. The van der Waals surface area contributed by atoms with E-state index in [1.54, 1.807) is 24.3 Å². The van der Waals surface area contributed by atoms with Crippen molar-refractivity contribution < 1.29 is 20.1 Å². The zero-order valence-corrected chi connectivity index (χ0v) is 10.4. The summed E-state index contributed by atoms with van der Waals surface area (Å²) < 4.78 is 5.27. The summed E-state index contributed by atoms with van der Waals surface area (Å²) in [5.74, 6) is 1.11. The van der Waals surface area contributed by atoms with Crippen LogP contribution >= 0.6 is 0 Å². The molecule has 4 nitrogen and oxygen atoms in total. The van der Waals surface area contributed by atoms with E-state index in [9.17, 15) is 5.11 Å². The van der Waals surface area contributed by atoms with Crippen molar-refractivity contribution in [3.8, 4) is 23.0 Å². The maximum Gasteiger partial charge on any atom is 0.129 e. The molecule has 2 aromatic carbocycles. The van der Waals surface area contributed by atoms with Gasteiger partial charge in [-0.2, -0.15) is 0 Å². The average molecular weight is 260 g/mol. The van der Waals surface area contributed by atoms with E-state index in [1.165, 1.54) is 12.1 Å². The van der Waals surface area contributed by atoms with Crippen molar-refractivity contribution in [2.45, 2.75) is 12.8 Å². The van der Waals surface area contributed by atoms with E-state index in [2.05, 4.69) is 0 Å². The summed E-state index contributed by atoms with van der Waals surface area (Å²) in [7, 11) is 0. The Labute approximate surface area is 111 Å². The van der Waals surface area contributed by atoms with Crippen LogP contribution in [0.1, 0.15) is 12.0 Å². The molecular weight excluding hydrogens is 244 g/mol. The van der Waals surface area contributed by atoms with Crippen molar-refractivity contribution in [3.05, 3.63) is 48.0 Å². The molecule has 0 atom stereocenters. The molecule has 0 unspecified atom stereocenters. The number of fused-ring (bicyclic) bond motifs is 1. The van der Waals surface area contributed by atoms with Gasteiger partial charge in [0.15, 0.2) is 0 Å². The van der Waals surface area contributed by atoms with Crippen molar-refractivity contribution in [2.75, 3.05) is 6.61 Å². The minimum Gasteiger partial charge on any atom is -0.508 e. The zero-order valence-electron chi connectivity index (χ0n) is 10.4. The van der Waals surface area contributed by atoms with Gasteiger partial charge in [0, 0.05) is 17.7 Å². The Morgan fingerprint density at radius 3 is 2.26 bits per heavy atom. The third kappa shape index (κ3) is 3.55. The molecule has 1 aliphatic rings. The smallest absolute Gasteiger partial charge is 0.129 e. The number of aromatic hydroxyl groups is 3. The molecule has 100 valence electrons. The van der Waals surface area contributed by atoms with Crippen molar-refractivity contribution in [3.63, 3.8) is 0 Å². The van der Waals surface area contributed by atoms with Gasteiger partial charge in [-0.05, 0) is 25.0 Å². The molecule has 0 saturated carbocycles. The first kappa shape index (κ1) is 13.1. The number of ether oxygens (including phenoxy) is 1. The monoisotopic (exact) mass is 260 g/mol. The number of phenols is 3. The summed E-state index contributed by atoms with van der Waals surface area (Å²) in [6, 6.07) is 11.6. The van der Waals surface area contributed by atoms with Crippen molar-refractivity contribution >= 4 is 0 Å². The molecule has 2 aromatic rings. The van der Waals surface area contributed by atoms with E-state index in [0.29, 0.717) is 18.1 Å². The van der Waals surface area contributed by atoms with Gasteiger partial charge >= 0.3 is 0 Å². The summed E-state index contributed by atoms with van der Waals surface area (Å²) in [4.78, 5) is 0. The van der Waals surface area contributed by atoms with Gasteiger partial charge in [-0.25, -0.2) is 0 Å². The van der Waals surface area contributed by atoms with Gasteiger partial charge in [0.2, 0.25) is 0 Å². The van der Waals surface area contributed by atoms with Gasteiger partial charge < -0.3 is 20.1 Å². The van der Waals surface area contributed by atoms with Crippen LogP contribution in [0.5, 0.6) is 23.0 Å². The highest BCUT2D eigenvalue weighted by molar-refractivity contribution is 5.50. The van der Waals surface area contributed by atoms with Crippen molar-refractivity contribution in [2.24, 2.45) is 0 Å². The molecule has 0 fully saturated rings. The second kappa shape index (κ2) is 6.00. The fraction of sp³-hybridized carbons (Fsp3) is 0.200. The number of benzene rings is 2. The van der Waals surface area contributed by atoms with Gasteiger partial charge in [0.05, 0.1) is 6.61 Å². The average Bonchev–Trinajstić information content (AvgIpc) is 2.40. The summed E-state index contributed by atoms with van der Waals surface area (Å²) in [6.45, 7) is 0.663. The van der Waals surface area contributed by atoms with Crippen molar-refractivity contribution in [1.29, 1.82) is 0 Å². The molecule has 4 heteroatoms. The molecule has 1 aliphatic heterocycles. The first-order valence-corrected chi connectivity index (χ1v) is 6.08. The summed E-state index contributed by atoms with van der Waals surface area (Å²) >= 11 is 0. The Balaban J connectivity index is 0.000000163. The molecule has 0 spiro atoms. The van der Waals surface area contributed by atoms with Crippen LogP contribution in [-0.4, -0.2) is 21.9 Å². The van der Waals surface area contributed by atoms with Gasteiger partial charge in [0.25, 0.3) is 0 Å². The van der Waals surface area contributed by atoms with E-state index in [4.69, 9.17) is 14.9 Å². The molecular formula is C15H16O4. The molecule has 3 rings (SSSR count). The SMILES string of the molecule is Oc1cc(O)c2c(c1)OCCC2.Oc1ccccc1. The third-order valence-electron chi connectivity index (χ3n) is 2.76. The molecule has 0 radical (unpaired) electrons. The van der Waals surface area contributed by atoms with Crippen LogP contribution in [-0.2, 0) is 6.42 Å². The molecule has 0 saturated heterocycles. The fourth-order valence-corrected chi connectivity index (χ4v) is 1.86. The molecule has 0 aliphatic carbocycles. The highest BCUT2D eigenvalue weighted by Crippen LogP contribution is 2.35. The maximum atomic E-state index is 9.40. The van der Waals surface area contributed by atoms with E-state index in [0.717, 1.165) is 18.4 Å². The Morgan fingerprint density at radius 2 is 1.63 bits per heavy atom. The standard InChI is InChI=1S/C9H10O3.C6H6O/c10-6-4-8(11)7-2-1-3-12-9(7)5-6;7-6-4-2-1-3-5-6/h4-5,10-11H,1-3H2;1-5,7H. The van der Waals surface area contributed by atoms with Crippen LogP contribution in [0.15, 0.2) is 42.5 Å². The van der Waals surface area contributed by atoms with Crippen LogP contribution in [0.3, 0.4) is 0 Å². The van der Waals surface area contributed by atoms with Crippen LogP contribution in [0, 0.1) is 0 Å². The largest absolute Gasteiger partial charge is 0.508 e. The Kier molecular flexibility index (Phi) is 4.13.